The molecule has 1 atom stereocenters. The van der Waals surface area contributed by atoms with Crippen LogP contribution in [0.3, 0.4) is 0 Å². The SMILES string of the molecule is CCc1ccc([C@@H](C)NC(=O)c2cccc(-c3nccnc3N3CCCC3)c2)cc1. The van der Waals surface area contributed by atoms with Crippen LogP contribution in [0.15, 0.2) is 60.9 Å². The van der Waals surface area contributed by atoms with E-state index in [0.717, 1.165) is 42.1 Å². The Balaban J connectivity index is 1.54. The average molecular weight is 401 g/mol. The monoisotopic (exact) mass is 400 g/mol. The average Bonchev–Trinajstić information content (AvgIpc) is 3.34. The molecule has 5 nitrogen and oxygen atoms in total. The van der Waals surface area contributed by atoms with E-state index < -0.39 is 0 Å². The molecule has 3 aromatic rings. The molecule has 0 saturated carbocycles. The largest absolute Gasteiger partial charge is 0.355 e. The van der Waals surface area contributed by atoms with Crippen molar-refractivity contribution < 1.29 is 4.79 Å². The lowest BCUT2D eigenvalue weighted by Gasteiger charge is -2.19. The first-order valence-electron chi connectivity index (χ1n) is 10.7. The fourth-order valence-corrected chi connectivity index (χ4v) is 3.91. The summed E-state index contributed by atoms with van der Waals surface area (Å²) in [7, 11) is 0. The van der Waals surface area contributed by atoms with Gasteiger partial charge in [-0.2, -0.15) is 0 Å². The molecule has 2 heterocycles. The molecule has 1 amide bonds. The van der Waals surface area contributed by atoms with Crippen molar-refractivity contribution in [2.75, 3.05) is 18.0 Å². The van der Waals surface area contributed by atoms with Gasteiger partial charge in [0.25, 0.3) is 5.91 Å². The topological polar surface area (TPSA) is 58.1 Å². The minimum atomic E-state index is -0.0875. The maximum atomic E-state index is 12.9. The van der Waals surface area contributed by atoms with Crippen LogP contribution in [0.4, 0.5) is 5.82 Å². The van der Waals surface area contributed by atoms with Gasteiger partial charge in [0, 0.05) is 36.6 Å². The Bertz CT molecular complexity index is 1010. The van der Waals surface area contributed by atoms with E-state index >= 15 is 0 Å². The standard InChI is InChI=1S/C25H28N4O/c1-3-19-9-11-20(12-10-19)18(2)28-25(30)22-8-6-7-21(17-22)23-24(27-14-13-26-23)29-15-4-5-16-29/h6-14,17-18H,3-5,15-16H2,1-2H3,(H,28,30)/t18-/m1/s1. The molecule has 2 aromatic carbocycles. The molecule has 0 unspecified atom stereocenters. The van der Waals surface area contributed by atoms with Gasteiger partial charge in [-0.05, 0) is 49.4 Å². The first-order valence-corrected chi connectivity index (χ1v) is 10.7. The maximum absolute atomic E-state index is 12.9. The highest BCUT2D eigenvalue weighted by atomic mass is 16.1. The van der Waals surface area contributed by atoms with Gasteiger partial charge in [0.1, 0.15) is 5.69 Å². The summed E-state index contributed by atoms with van der Waals surface area (Å²) in [6, 6.07) is 16.0. The van der Waals surface area contributed by atoms with Crippen LogP contribution >= 0.6 is 0 Å². The zero-order valence-electron chi connectivity index (χ0n) is 17.6. The number of nitrogens with zero attached hydrogens (tertiary/aromatic N) is 3. The van der Waals surface area contributed by atoms with Gasteiger partial charge >= 0.3 is 0 Å². The predicted octanol–water partition coefficient (Wildman–Crippen LogP) is 4.80. The maximum Gasteiger partial charge on any atom is 0.251 e. The smallest absolute Gasteiger partial charge is 0.251 e. The number of nitrogens with one attached hydrogen (secondary N) is 1. The fourth-order valence-electron chi connectivity index (χ4n) is 3.91. The molecule has 0 bridgehead atoms. The quantitative estimate of drug-likeness (QED) is 0.646. The Hall–Kier alpha value is -3.21. The fraction of sp³-hybridized carbons (Fsp3) is 0.320. The number of hydrogen-bond donors (Lipinski definition) is 1. The van der Waals surface area contributed by atoms with Crippen molar-refractivity contribution in [3.63, 3.8) is 0 Å². The summed E-state index contributed by atoms with van der Waals surface area (Å²) in [5.41, 5.74) is 4.77. The number of carbonyl (C=O) groups excluding carboxylic acids is 1. The molecular weight excluding hydrogens is 372 g/mol. The molecule has 0 aliphatic carbocycles. The van der Waals surface area contributed by atoms with Crippen LogP contribution in [-0.2, 0) is 6.42 Å². The van der Waals surface area contributed by atoms with Crippen LogP contribution in [0.5, 0.6) is 0 Å². The Labute approximate surface area is 178 Å². The minimum absolute atomic E-state index is 0.0660. The summed E-state index contributed by atoms with van der Waals surface area (Å²) in [6.45, 7) is 6.15. The summed E-state index contributed by atoms with van der Waals surface area (Å²) < 4.78 is 0. The lowest BCUT2D eigenvalue weighted by molar-refractivity contribution is 0.0940. The normalized spacial score (nSPS) is 14.5. The Kier molecular flexibility index (Phi) is 6.07. The number of aryl methyl sites for hydroxylation is 1. The zero-order chi connectivity index (χ0) is 20.9. The van der Waals surface area contributed by atoms with Gasteiger partial charge in [-0.25, -0.2) is 4.98 Å². The summed E-state index contributed by atoms with van der Waals surface area (Å²) in [6.07, 6.45) is 6.81. The molecule has 1 aromatic heterocycles. The number of amides is 1. The molecule has 1 aliphatic heterocycles. The van der Waals surface area contributed by atoms with Crippen molar-refractivity contribution in [3.05, 3.63) is 77.6 Å². The van der Waals surface area contributed by atoms with Crippen molar-refractivity contribution in [1.82, 2.24) is 15.3 Å². The van der Waals surface area contributed by atoms with Crippen molar-refractivity contribution in [1.29, 1.82) is 0 Å². The van der Waals surface area contributed by atoms with Crippen LogP contribution in [0.2, 0.25) is 0 Å². The van der Waals surface area contributed by atoms with Gasteiger partial charge in [0.15, 0.2) is 5.82 Å². The molecule has 1 saturated heterocycles. The molecule has 5 heteroatoms. The molecule has 1 fully saturated rings. The summed E-state index contributed by atoms with van der Waals surface area (Å²) in [4.78, 5) is 24.4. The van der Waals surface area contributed by atoms with Crippen molar-refractivity contribution >= 4 is 11.7 Å². The number of hydrogen-bond acceptors (Lipinski definition) is 4. The van der Waals surface area contributed by atoms with Crippen LogP contribution < -0.4 is 10.2 Å². The van der Waals surface area contributed by atoms with E-state index in [1.807, 2.05) is 31.2 Å². The van der Waals surface area contributed by atoms with Gasteiger partial charge in [-0.3, -0.25) is 9.78 Å². The lowest BCUT2D eigenvalue weighted by Crippen LogP contribution is -2.26. The Morgan fingerprint density at radius 2 is 1.80 bits per heavy atom. The molecule has 0 spiro atoms. The highest BCUT2D eigenvalue weighted by molar-refractivity contribution is 5.96. The molecule has 4 rings (SSSR count). The predicted molar refractivity (Wildman–Crippen MR) is 121 cm³/mol. The molecule has 1 aliphatic rings. The first kappa shape index (κ1) is 20.1. The third-order valence-electron chi connectivity index (χ3n) is 5.72. The van der Waals surface area contributed by atoms with E-state index in [1.165, 1.54) is 18.4 Å². The van der Waals surface area contributed by atoms with E-state index in [-0.39, 0.29) is 11.9 Å². The molecule has 0 radical (unpaired) electrons. The second kappa shape index (κ2) is 9.08. The molecule has 154 valence electrons. The van der Waals surface area contributed by atoms with Gasteiger partial charge in [0.05, 0.1) is 6.04 Å². The van der Waals surface area contributed by atoms with Gasteiger partial charge in [-0.15, -0.1) is 0 Å². The zero-order valence-corrected chi connectivity index (χ0v) is 17.6. The highest BCUT2D eigenvalue weighted by Crippen LogP contribution is 2.29. The van der Waals surface area contributed by atoms with Crippen molar-refractivity contribution in [2.45, 2.75) is 39.2 Å². The van der Waals surface area contributed by atoms with Crippen LogP contribution in [0, 0.1) is 0 Å². The molecule has 1 N–H and O–H groups in total. The van der Waals surface area contributed by atoms with E-state index in [0.29, 0.717) is 5.56 Å². The number of anilines is 1. The van der Waals surface area contributed by atoms with Crippen LogP contribution in [0.1, 0.15) is 54.2 Å². The lowest BCUT2D eigenvalue weighted by atomic mass is 10.0. The summed E-state index contributed by atoms with van der Waals surface area (Å²) >= 11 is 0. The number of rotatable bonds is 6. The van der Waals surface area contributed by atoms with Crippen molar-refractivity contribution in [3.8, 4) is 11.3 Å². The highest BCUT2D eigenvalue weighted by Gasteiger charge is 2.19. The Morgan fingerprint density at radius 3 is 2.53 bits per heavy atom. The van der Waals surface area contributed by atoms with E-state index in [1.54, 1.807) is 12.4 Å². The third-order valence-corrected chi connectivity index (χ3v) is 5.72. The second-order valence-electron chi connectivity index (χ2n) is 7.79. The summed E-state index contributed by atoms with van der Waals surface area (Å²) in [5, 5.41) is 3.11. The molecular formula is C25H28N4O. The summed E-state index contributed by atoms with van der Waals surface area (Å²) in [5.74, 6) is 0.812. The van der Waals surface area contributed by atoms with Crippen molar-refractivity contribution in [2.24, 2.45) is 0 Å². The minimum Gasteiger partial charge on any atom is -0.355 e. The van der Waals surface area contributed by atoms with Crippen LogP contribution in [-0.4, -0.2) is 29.0 Å². The third kappa shape index (κ3) is 4.35. The number of carbonyl (C=O) groups is 1. The number of benzene rings is 2. The van der Waals surface area contributed by atoms with E-state index in [4.69, 9.17) is 0 Å². The molecule has 30 heavy (non-hydrogen) atoms. The van der Waals surface area contributed by atoms with Gasteiger partial charge in [0.2, 0.25) is 0 Å². The van der Waals surface area contributed by atoms with Gasteiger partial charge in [-0.1, -0.05) is 43.3 Å². The first-order chi connectivity index (χ1) is 14.7. The second-order valence-corrected chi connectivity index (χ2v) is 7.79. The van der Waals surface area contributed by atoms with Crippen LogP contribution in [0.25, 0.3) is 11.3 Å². The van der Waals surface area contributed by atoms with E-state index in [2.05, 4.69) is 51.4 Å². The van der Waals surface area contributed by atoms with E-state index in [9.17, 15) is 4.79 Å². The number of aromatic nitrogens is 2. The van der Waals surface area contributed by atoms with Gasteiger partial charge < -0.3 is 10.2 Å². The Morgan fingerprint density at radius 1 is 1.07 bits per heavy atom.